The first-order chi connectivity index (χ1) is 6.88. The first kappa shape index (κ1) is 11.8. The van der Waals surface area contributed by atoms with Crippen molar-refractivity contribution in [1.29, 1.82) is 0 Å². The molecule has 0 aliphatic heterocycles. The standard InChI is InChI=1S/C13H19Br/c1-2-3-4-7-12-8-5-6-9-13(12)10-11-14/h5-6,8-9H,2-4,7,10-11H2,1H3. The molecule has 1 heteroatoms. The highest BCUT2D eigenvalue weighted by Crippen LogP contribution is 2.14. The average Bonchev–Trinajstić information content (AvgIpc) is 2.21. The first-order valence-electron chi connectivity index (χ1n) is 5.51. The summed E-state index contributed by atoms with van der Waals surface area (Å²) in [5.74, 6) is 0. The summed E-state index contributed by atoms with van der Waals surface area (Å²) in [4.78, 5) is 0. The molecule has 0 atom stereocenters. The molecule has 1 rings (SSSR count). The molecule has 0 amide bonds. The van der Waals surface area contributed by atoms with E-state index in [0.717, 1.165) is 11.8 Å². The molecule has 0 saturated heterocycles. The van der Waals surface area contributed by atoms with E-state index < -0.39 is 0 Å². The van der Waals surface area contributed by atoms with E-state index in [9.17, 15) is 0 Å². The van der Waals surface area contributed by atoms with Crippen LogP contribution in [0, 0.1) is 0 Å². The first-order valence-corrected chi connectivity index (χ1v) is 6.63. The van der Waals surface area contributed by atoms with Crippen molar-refractivity contribution < 1.29 is 0 Å². The van der Waals surface area contributed by atoms with Gasteiger partial charge in [-0.25, -0.2) is 0 Å². The van der Waals surface area contributed by atoms with Crippen molar-refractivity contribution in [2.75, 3.05) is 5.33 Å². The molecule has 0 heterocycles. The van der Waals surface area contributed by atoms with Gasteiger partial charge in [0.25, 0.3) is 0 Å². The van der Waals surface area contributed by atoms with Crippen LogP contribution in [0.4, 0.5) is 0 Å². The second kappa shape index (κ2) is 7.05. The van der Waals surface area contributed by atoms with Crippen LogP contribution >= 0.6 is 15.9 Å². The van der Waals surface area contributed by atoms with Gasteiger partial charge in [0.05, 0.1) is 0 Å². The smallest absolute Gasteiger partial charge is 0.00719 e. The van der Waals surface area contributed by atoms with Gasteiger partial charge in [0, 0.05) is 5.33 Å². The molecule has 0 aliphatic carbocycles. The van der Waals surface area contributed by atoms with Gasteiger partial charge in [-0.05, 0) is 30.4 Å². The number of aryl methyl sites for hydroxylation is 2. The monoisotopic (exact) mass is 254 g/mol. The van der Waals surface area contributed by atoms with Crippen LogP contribution in [-0.2, 0) is 12.8 Å². The van der Waals surface area contributed by atoms with Crippen LogP contribution in [0.3, 0.4) is 0 Å². The van der Waals surface area contributed by atoms with Crippen molar-refractivity contribution in [3.05, 3.63) is 35.4 Å². The zero-order chi connectivity index (χ0) is 10.2. The molecule has 0 spiro atoms. The molecule has 14 heavy (non-hydrogen) atoms. The third-order valence-electron chi connectivity index (χ3n) is 2.53. The summed E-state index contributed by atoms with van der Waals surface area (Å²) >= 11 is 3.50. The number of unbranched alkanes of at least 4 members (excludes halogenated alkanes) is 2. The number of hydrogen-bond acceptors (Lipinski definition) is 0. The molecule has 0 N–H and O–H groups in total. The van der Waals surface area contributed by atoms with E-state index in [4.69, 9.17) is 0 Å². The number of rotatable bonds is 6. The van der Waals surface area contributed by atoms with Gasteiger partial charge in [-0.1, -0.05) is 60.0 Å². The highest BCUT2D eigenvalue weighted by atomic mass is 79.9. The molecular weight excluding hydrogens is 236 g/mol. The Balaban J connectivity index is 2.55. The van der Waals surface area contributed by atoms with Crippen LogP contribution in [-0.4, -0.2) is 5.33 Å². The summed E-state index contributed by atoms with van der Waals surface area (Å²) in [6.07, 6.45) is 6.39. The molecule has 0 radical (unpaired) electrons. The van der Waals surface area contributed by atoms with E-state index in [1.54, 1.807) is 5.56 Å². The van der Waals surface area contributed by atoms with Crippen molar-refractivity contribution in [3.63, 3.8) is 0 Å². The van der Waals surface area contributed by atoms with Crippen LogP contribution in [0.1, 0.15) is 37.3 Å². The highest BCUT2D eigenvalue weighted by Gasteiger charge is 2.00. The molecule has 0 aliphatic rings. The minimum absolute atomic E-state index is 1.07. The lowest BCUT2D eigenvalue weighted by Gasteiger charge is -2.07. The van der Waals surface area contributed by atoms with E-state index in [1.807, 2.05) is 0 Å². The van der Waals surface area contributed by atoms with Gasteiger partial charge in [0.2, 0.25) is 0 Å². The van der Waals surface area contributed by atoms with Crippen LogP contribution in [0.25, 0.3) is 0 Å². The van der Waals surface area contributed by atoms with Gasteiger partial charge < -0.3 is 0 Å². The lowest BCUT2D eigenvalue weighted by atomic mass is 10.00. The summed E-state index contributed by atoms with van der Waals surface area (Å²) in [6, 6.07) is 8.82. The molecular formula is C13H19Br. The van der Waals surface area contributed by atoms with Gasteiger partial charge in [-0.2, -0.15) is 0 Å². The van der Waals surface area contributed by atoms with Crippen LogP contribution < -0.4 is 0 Å². The summed E-state index contributed by atoms with van der Waals surface area (Å²) in [5.41, 5.74) is 3.06. The largest absolute Gasteiger partial charge is 0.0924 e. The number of halogens is 1. The Morgan fingerprint density at radius 2 is 1.64 bits per heavy atom. The number of benzene rings is 1. The average molecular weight is 255 g/mol. The van der Waals surface area contributed by atoms with Crippen LogP contribution in [0.15, 0.2) is 24.3 Å². The maximum absolute atomic E-state index is 3.50. The van der Waals surface area contributed by atoms with Gasteiger partial charge >= 0.3 is 0 Å². The third kappa shape index (κ3) is 3.83. The normalized spacial score (nSPS) is 10.4. The molecule has 0 nitrogen and oxygen atoms in total. The number of hydrogen-bond donors (Lipinski definition) is 0. The molecule has 1 aromatic rings. The summed E-state index contributed by atoms with van der Waals surface area (Å²) in [7, 11) is 0. The minimum atomic E-state index is 1.07. The lowest BCUT2D eigenvalue weighted by molar-refractivity contribution is 0.714. The fourth-order valence-electron chi connectivity index (χ4n) is 1.71. The molecule has 78 valence electrons. The molecule has 0 saturated carbocycles. The minimum Gasteiger partial charge on any atom is -0.0924 e. The molecule has 0 unspecified atom stereocenters. The zero-order valence-corrected chi connectivity index (χ0v) is 10.5. The van der Waals surface area contributed by atoms with E-state index in [-0.39, 0.29) is 0 Å². The predicted octanol–water partition coefficient (Wildman–Crippen LogP) is 4.36. The SMILES string of the molecule is CCCCCc1ccccc1CCBr. The number of alkyl halides is 1. The van der Waals surface area contributed by atoms with Crippen molar-refractivity contribution in [1.82, 2.24) is 0 Å². The molecule has 0 bridgehead atoms. The van der Waals surface area contributed by atoms with E-state index in [0.29, 0.717) is 0 Å². The maximum atomic E-state index is 3.50. The van der Waals surface area contributed by atoms with Gasteiger partial charge in [-0.3, -0.25) is 0 Å². The quantitative estimate of drug-likeness (QED) is 0.523. The maximum Gasteiger partial charge on any atom is 0.00719 e. The Morgan fingerprint density at radius 3 is 2.21 bits per heavy atom. The Hall–Kier alpha value is -0.300. The van der Waals surface area contributed by atoms with Crippen molar-refractivity contribution in [2.45, 2.75) is 39.0 Å². The third-order valence-corrected chi connectivity index (χ3v) is 2.93. The predicted molar refractivity (Wildman–Crippen MR) is 67.2 cm³/mol. The lowest BCUT2D eigenvalue weighted by Crippen LogP contribution is -1.95. The fraction of sp³-hybridized carbons (Fsp3) is 0.538. The fourth-order valence-corrected chi connectivity index (χ4v) is 2.14. The Morgan fingerprint density at radius 1 is 1.00 bits per heavy atom. The van der Waals surface area contributed by atoms with Crippen molar-refractivity contribution in [2.24, 2.45) is 0 Å². The second-order valence-corrected chi connectivity index (χ2v) is 4.46. The zero-order valence-electron chi connectivity index (χ0n) is 8.93. The van der Waals surface area contributed by atoms with Gasteiger partial charge in [0.15, 0.2) is 0 Å². The molecule has 0 aromatic heterocycles. The van der Waals surface area contributed by atoms with E-state index >= 15 is 0 Å². The van der Waals surface area contributed by atoms with E-state index in [2.05, 4.69) is 47.1 Å². The summed E-state index contributed by atoms with van der Waals surface area (Å²) < 4.78 is 0. The van der Waals surface area contributed by atoms with Crippen molar-refractivity contribution in [3.8, 4) is 0 Å². The highest BCUT2D eigenvalue weighted by molar-refractivity contribution is 9.09. The Kier molecular flexibility index (Phi) is 5.93. The van der Waals surface area contributed by atoms with Crippen LogP contribution in [0.2, 0.25) is 0 Å². The van der Waals surface area contributed by atoms with E-state index in [1.165, 1.54) is 31.2 Å². The Labute approximate surface area is 95.9 Å². The van der Waals surface area contributed by atoms with Gasteiger partial charge in [-0.15, -0.1) is 0 Å². The molecule has 1 aromatic carbocycles. The Bertz CT molecular complexity index is 255. The van der Waals surface area contributed by atoms with Gasteiger partial charge in [0.1, 0.15) is 0 Å². The van der Waals surface area contributed by atoms with Crippen molar-refractivity contribution >= 4 is 15.9 Å². The summed E-state index contributed by atoms with van der Waals surface area (Å²) in [5, 5.41) is 1.07. The second-order valence-electron chi connectivity index (χ2n) is 3.66. The summed E-state index contributed by atoms with van der Waals surface area (Å²) in [6.45, 7) is 2.25. The van der Waals surface area contributed by atoms with Crippen LogP contribution in [0.5, 0.6) is 0 Å². The molecule has 0 fully saturated rings. The topological polar surface area (TPSA) is 0 Å².